The number of ether oxygens (including phenoxy) is 4. The predicted octanol–water partition coefficient (Wildman–Crippen LogP) is 20.4. The molecule has 2 heterocycles. The highest BCUT2D eigenvalue weighted by atomic mass is 16.7. The Kier molecular flexibility index (Phi) is 66.1. The Labute approximate surface area is 609 Å². The van der Waals surface area contributed by atoms with Gasteiger partial charge in [0.05, 0.1) is 32.0 Å². The molecule has 0 bridgehead atoms. The molecule has 2 aliphatic rings. The third-order valence-electron chi connectivity index (χ3n) is 21.7. The summed E-state index contributed by atoms with van der Waals surface area (Å²) in [6, 6.07) is -0.913. The van der Waals surface area contributed by atoms with Crippen LogP contribution in [0.25, 0.3) is 0 Å². The Morgan fingerprint density at radius 3 is 0.929 bits per heavy atom. The van der Waals surface area contributed by atoms with Crippen molar-refractivity contribution in [3.63, 3.8) is 0 Å². The molecule has 99 heavy (non-hydrogen) atoms. The zero-order valence-electron chi connectivity index (χ0n) is 64.8. The van der Waals surface area contributed by atoms with Crippen LogP contribution in [0.1, 0.15) is 431 Å². The van der Waals surface area contributed by atoms with Gasteiger partial charge in [-0.05, 0) is 19.3 Å². The maximum Gasteiger partial charge on any atom is 0.220 e. The summed E-state index contributed by atoms with van der Waals surface area (Å²) in [6.07, 6.45) is 73.3. The van der Waals surface area contributed by atoms with Crippen molar-refractivity contribution in [1.29, 1.82) is 0 Å². The van der Waals surface area contributed by atoms with Gasteiger partial charge in [0.15, 0.2) is 12.6 Å². The van der Waals surface area contributed by atoms with Crippen LogP contribution in [0.3, 0.4) is 0 Å². The molecule has 0 radical (unpaired) electrons. The molecule has 2 fully saturated rings. The second kappa shape index (κ2) is 69.8. The Hall–Kier alpha value is -1.27. The summed E-state index contributed by atoms with van der Waals surface area (Å²) < 4.78 is 22.9. The van der Waals surface area contributed by atoms with Crippen molar-refractivity contribution in [2.45, 2.75) is 505 Å². The number of aliphatic hydroxyl groups excluding tert-OH is 8. The standard InChI is InChI=1S/C85H165NO13/c1-3-5-7-9-11-13-15-17-19-21-23-25-27-29-30-31-32-33-34-35-36-37-38-39-40-41-42-43-45-47-49-51-53-55-57-59-61-63-65-67-69-77(90)86-73(72-96-84-82(95)80(93)83(76(71-88)98-84)99-85-81(94)79(92)78(91)75(70-87)97-85)74(89)68-66-64-62-60-58-56-54-52-50-48-46-44-28-26-24-22-20-18-16-14-12-10-8-6-4-2/h66,68,73-76,78-85,87-89,91-95H,3-65,67,69-72H2,1-2H3,(H,86,90)/b68-66+. The quantitative estimate of drug-likeness (QED) is 0.0204. The number of carbonyl (C=O) groups is 1. The fourth-order valence-corrected chi connectivity index (χ4v) is 14.9. The molecule has 0 spiro atoms. The first kappa shape index (κ1) is 93.8. The molecule has 0 aliphatic carbocycles. The van der Waals surface area contributed by atoms with Crippen LogP contribution in [0.4, 0.5) is 0 Å². The van der Waals surface area contributed by atoms with Gasteiger partial charge in [-0.1, -0.05) is 418 Å². The summed E-state index contributed by atoms with van der Waals surface area (Å²) >= 11 is 0. The zero-order valence-corrected chi connectivity index (χ0v) is 64.8. The number of rotatable bonds is 75. The summed E-state index contributed by atoms with van der Waals surface area (Å²) in [5.41, 5.74) is 0. The van der Waals surface area contributed by atoms with E-state index in [-0.39, 0.29) is 18.9 Å². The topological polar surface area (TPSA) is 228 Å². The van der Waals surface area contributed by atoms with Gasteiger partial charge in [0, 0.05) is 6.42 Å². The lowest BCUT2D eigenvalue weighted by Crippen LogP contribution is -2.65. The molecular weight excluding hydrogens is 1240 g/mol. The smallest absolute Gasteiger partial charge is 0.220 e. The van der Waals surface area contributed by atoms with E-state index in [1.807, 2.05) is 6.08 Å². The highest BCUT2D eigenvalue weighted by molar-refractivity contribution is 5.76. The van der Waals surface area contributed by atoms with E-state index in [1.54, 1.807) is 6.08 Å². The number of allylic oxidation sites excluding steroid dienone is 1. The van der Waals surface area contributed by atoms with E-state index in [9.17, 15) is 45.6 Å². The van der Waals surface area contributed by atoms with Gasteiger partial charge in [0.1, 0.15) is 48.8 Å². The fraction of sp³-hybridized carbons (Fsp3) is 0.965. The van der Waals surface area contributed by atoms with Crippen LogP contribution in [0, 0.1) is 0 Å². The molecule has 9 N–H and O–H groups in total. The number of nitrogens with one attached hydrogen (secondary N) is 1. The molecule has 2 rings (SSSR count). The third kappa shape index (κ3) is 52.4. The lowest BCUT2D eigenvalue weighted by atomic mass is 9.97. The fourth-order valence-electron chi connectivity index (χ4n) is 14.9. The monoisotopic (exact) mass is 1410 g/mol. The average Bonchev–Trinajstić information content (AvgIpc) is 0.793. The van der Waals surface area contributed by atoms with Crippen molar-refractivity contribution in [3.05, 3.63) is 12.2 Å². The summed E-state index contributed by atoms with van der Waals surface area (Å²) in [4.78, 5) is 13.4. The van der Waals surface area contributed by atoms with Crippen LogP contribution in [0.5, 0.6) is 0 Å². The second-order valence-electron chi connectivity index (χ2n) is 31.0. The van der Waals surface area contributed by atoms with Gasteiger partial charge in [-0.25, -0.2) is 0 Å². The number of aliphatic hydroxyl groups is 8. The molecule has 0 saturated carbocycles. The molecule has 2 aliphatic heterocycles. The minimum Gasteiger partial charge on any atom is -0.394 e. The van der Waals surface area contributed by atoms with Gasteiger partial charge in [-0.3, -0.25) is 4.79 Å². The highest BCUT2D eigenvalue weighted by Gasteiger charge is 2.51. The van der Waals surface area contributed by atoms with Crippen LogP contribution < -0.4 is 5.32 Å². The Morgan fingerprint density at radius 1 is 0.354 bits per heavy atom. The Bertz CT molecular complexity index is 1710. The SMILES string of the molecule is CCCCCCCCCCCCCCCCCCCCCCCCC/C=C/C(O)C(COC1OC(CO)C(OC2OC(CO)C(O)C(O)C2O)C(O)C1O)NC(=O)CCCCCCCCCCCCCCCCCCCCCCCCCCCCCCCCCCCCCCCCCC. The number of amides is 1. The summed E-state index contributed by atoms with van der Waals surface area (Å²) in [5.74, 6) is -0.228. The van der Waals surface area contributed by atoms with Crippen molar-refractivity contribution in [3.8, 4) is 0 Å². The third-order valence-corrected chi connectivity index (χ3v) is 21.7. The number of carbonyl (C=O) groups excluding carboxylic acids is 1. The molecule has 1 amide bonds. The van der Waals surface area contributed by atoms with E-state index < -0.39 is 86.8 Å². The molecular formula is C85H165NO13. The number of unbranched alkanes of at least 4 members (excludes halogenated alkanes) is 62. The van der Waals surface area contributed by atoms with Crippen LogP contribution >= 0.6 is 0 Å². The number of hydrogen-bond donors (Lipinski definition) is 9. The van der Waals surface area contributed by atoms with Gasteiger partial charge in [-0.2, -0.15) is 0 Å². The van der Waals surface area contributed by atoms with E-state index in [2.05, 4.69) is 19.2 Å². The second-order valence-corrected chi connectivity index (χ2v) is 31.0. The van der Waals surface area contributed by atoms with Crippen LogP contribution in [-0.4, -0.2) is 140 Å². The molecule has 12 unspecified atom stereocenters. The number of hydrogen-bond acceptors (Lipinski definition) is 13. The molecule has 0 aromatic heterocycles. The molecule has 0 aromatic rings. The lowest BCUT2D eigenvalue weighted by Gasteiger charge is -2.46. The van der Waals surface area contributed by atoms with Gasteiger partial charge in [-0.15, -0.1) is 0 Å². The first-order valence-electron chi connectivity index (χ1n) is 43.4. The minimum absolute atomic E-state index is 0.228. The molecule has 588 valence electrons. The largest absolute Gasteiger partial charge is 0.394 e. The van der Waals surface area contributed by atoms with E-state index in [0.29, 0.717) is 0 Å². The molecule has 0 aromatic carbocycles. The van der Waals surface area contributed by atoms with Gasteiger partial charge >= 0.3 is 0 Å². The van der Waals surface area contributed by atoms with E-state index in [0.717, 1.165) is 44.9 Å². The zero-order chi connectivity index (χ0) is 71.5. The van der Waals surface area contributed by atoms with E-state index in [1.165, 1.54) is 366 Å². The first-order valence-corrected chi connectivity index (χ1v) is 43.4. The minimum atomic E-state index is -1.79. The van der Waals surface area contributed by atoms with Crippen molar-refractivity contribution < 1.29 is 64.6 Å². The lowest BCUT2D eigenvalue weighted by molar-refractivity contribution is -0.359. The van der Waals surface area contributed by atoms with Gasteiger partial charge < -0.3 is 65.1 Å². The molecule has 14 heteroatoms. The van der Waals surface area contributed by atoms with E-state index >= 15 is 0 Å². The first-order chi connectivity index (χ1) is 48.6. The Balaban J connectivity index is 1.55. The summed E-state index contributed by atoms with van der Waals surface area (Å²) in [6.45, 7) is 2.88. The maximum absolute atomic E-state index is 13.4. The normalized spacial score (nSPS) is 21.9. The molecule has 12 atom stereocenters. The van der Waals surface area contributed by atoms with Crippen molar-refractivity contribution in [2.24, 2.45) is 0 Å². The highest BCUT2D eigenvalue weighted by Crippen LogP contribution is 2.31. The Morgan fingerprint density at radius 2 is 0.626 bits per heavy atom. The molecule has 14 nitrogen and oxygen atoms in total. The van der Waals surface area contributed by atoms with Crippen molar-refractivity contribution >= 4 is 5.91 Å². The van der Waals surface area contributed by atoms with Crippen LogP contribution in [-0.2, 0) is 23.7 Å². The summed E-state index contributed by atoms with van der Waals surface area (Å²) in [7, 11) is 0. The predicted molar refractivity (Wildman–Crippen MR) is 411 cm³/mol. The van der Waals surface area contributed by atoms with Gasteiger partial charge in [0.2, 0.25) is 5.91 Å². The van der Waals surface area contributed by atoms with Crippen LogP contribution in [0.15, 0.2) is 12.2 Å². The molecule has 2 saturated heterocycles. The summed E-state index contributed by atoms with van der Waals surface area (Å²) in [5, 5.41) is 87.8. The van der Waals surface area contributed by atoms with Gasteiger partial charge in [0.25, 0.3) is 0 Å². The van der Waals surface area contributed by atoms with Crippen LogP contribution in [0.2, 0.25) is 0 Å². The maximum atomic E-state index is 13.4. The van der Waals surface area contributed by atoms with Crippen molar-refractivity contribution in [1.82, 2.24) is 5.32 Å². The van der Waals surface area contributed by atoms with Crippen molar-refractivity contribution in [2.75, 3.05) is 19.8 Å². The average molecular weight is 1410 g/mol. The van der Waals surface area contributed by atoms with E-state index in [4.69, 9.17) is 18.9 Å².